The number of hydrogen-bond acceptors (Lipinski definition) is 2. The Bertz CT molecular complexity index is 306. The third kappa shape index (κ3) is 19.7. The predicted molar refractivity (Wildman–Crippen MR) is 98.4 cm³/mol. The first-order chi connectivity index (χ1) is 11.0. The predicted octanol–water partition coefficient (Wildman–Crippen LogP) is 1.23. The molecule has 0 aliphatic heterocycles. The Morgan fingerprint density at radius 1 is 0.917 bits per heavy atom. The number of esters is 1. The maximum atomic E-state index is 11.2. The van der Waals surface area contributed by atoms with Crippen LogP contribution in [0, 0.1) is 5.92 Å². The Morgan fingerprint density at radius 3 is 1.92 bits per heavy atom. The van der Waals surface area contributed by atoms with Crippen molar-refractivity contribution in [2.75, 3.05) is 19.7 Å². The van der Waals surface area contributed by atoms with Crippen LogP contribution in [-0.4, -0.2) is 25.7 Å². The van der Waals surface area contributed by atoms with Crippen molar-refractivity contribution in [2.24, 2.45) is 5.92 Å². The van der Waals surface area contributed by atoms with E-state index in [0.29, 0.717) is 12.2 Å². The monoisotopic (exact) mass is 405 g/mol. The molecular formula is C20H40BrNO2. The summed E-state index contributed by atoms with van der Waals surface area (Å²) in [7, 11) is 0. The molecule has 0 heterocycles. The fourth-order valence-electron chi connectivity index (χ4n) is 2.58. The van der Waals surface area contributed by atoms with Crippen molar-refractivity contribution in [3.8, 4) is 0 Å². The molecule has 0 radical (unpaired) electrons. The minimum atomic E-state index is -0.275. The summed E-state index contributed by atoms with van der Waals surface area (Å²) in [6.45, 7) is 12.3. The number of carbonyl (C=O) groups excluding carboxylic acids is 1. The smallest absolute Gasteiger partial charge is 0.333 e. The van der Waals surface area contributed by atoms with Gasteiger partial charge in [0.1, 0.15) is 13.2 Å². The van der Waals surface area contributed by atoms with Crippen molar-refractivity contribution in [3.63, 3.8) is 0 Å². The molecule has 0 atom stereocenters. The quantitative estimate of drug-likeness (QED) is 0.238. The Hall–Kier alpha value is -0.350. The summed E-state index contributed by atoms with van der Waals surface area (Å²) in [5.74, 6) is 0.590. The molecule has 0 saturated heterocycles. The molecule has 0 bridgehead atoms. The molecule has 0 saturated carbocycles. The van der Waals surface area contributed by atoms with E-state index >= 15 is 0 Å². The van der Waals surface area contributed by atoms with Crippen LogP contribution in [0.2, 0.25) is 0 Å². The Balaban J connectivity index is 0. The van der Waals surface area contributed by atoms with Crippen LogP contribution in [0.5, 0.6) is 0 Å². The minimum absolute atomic E-state index is 0. The summed E-state index contributed by atoms with van der Waals surface area (Å²) in [4.78, 5) is 11.2. The highest BCUT2D eigenvalue weighted by Gasteiger charge is 2.02. The van der Waals surface area contributed by atoms with Crippen LogP contribution in [-0.2, 0) is 9.53 Å². The van der Waals surface area contributed by atoms with Crippen LogP contribution < -0.4 is 22.3 Å². The number of halogens is 1. The van der Waals surface area contributed by atoms with Crippen LogP contribution >= 0.6 is 0 Å². The van der Waals surface area contributed by atoms with Crippen molar-refractivity contribution in [1.29, 1.82) is 0 Å². The zero-order valence-corrected chi connectivity index (χ0v) is 17.8. The molecule has 24 heavy (non-hydrogen) atoms. The molecule has 0 rings (SSSR count). The number of unbranched alkanes of at least 4 members (excludes halogenated alkanes) is 8. The van der Waals surface area contributed by atoms with Crippen molar-refractivity contribution < 1.29 is 31.8 Å². The SMILES string of the molecule is C=C(C)C(=O)OCC[NH2+]CCCCCCCCCCCC(C)C.[Br-]. The van der Waals surface area contributed by atoms with E-state index < -0.39 is 0 Å². The third-order valence-corrected chi connectivity index (χ3v) is 4.09. The summed E-state index contributed by atoms with van der Waals surface area (Å²) >= 11 is 0. The summed E-state index contributed by atoms with van der Waals surface area (Å²) in [6.07, 6.45) is 13.8. The van der Waals surface area contributed by atoms with E-state index in [4.69, 9.17) is 4.74 Å². The number of quaternary nitrogens is 1. The van der Waals surface area contributed by atoms with E-state index in [1.54, 1.807) is 6.92 Å². The van der Waals surface area contributed by atoms with Gasteiger partial charge in [0, 0.05) is 5.57 Å². The molecule has 0 aromatic heterocycles. The van der Waals surface area contributed by atoms with Crippen molar-refractivity contribution in [1.82, 2.24) is 0 Å². The fourth-order valence-corrected chi connectivity index (χ4v) is 2.58. The maximum Gasteiger partial charge on any atom is 0.333 e. The van der Waals surface area contributed by atoms with Gasteiger partial charge in [0.15, 0.2) is 0 Å². The number of ether oxygens (including phenoxy) is 1. The highest BCUT2D eigenvalue weighted by atomic mass is 79.9. The molecule has 2 N–H and O–H groups in total. The second-order valence-electron chi connectivity index (χ2n) is 7.15. The summed E-state index contributed by atoms with van der Waals surface area (Å²) < 4.78 is 5.05. The van der Waals surface area contributed by atoms with E-state index in [0.717, 1.165) is 19.0 Å². The molecule has 0 aromatic carbocycles. The van der Waals surface area contributed by atoms with Gasteiger partial charge in [-0.05, 0) is 25.7 Å². The van der Waals surface area contributed by atoms with E-state index in [-0.39, 0.29) is 23.0 Å². The highest BCUT2D eigenvalue weighted by Crippen LogP contribution is 2.12. The van der Waals surface area contributed by atoms with Gasteiger partial charge in [0.2, 0.25) is 0 Å². The summed E-state index contributed by atoms with van der Waals surface area (Å²) in [5.41, 5.74) is 0.477. The van der Waals surface area contributed by atoms with E-state index in [9.17, 15) is 4.79 Å². The minimum Gasteiger partial charge on any atom is -1.00 e. The van der Waals surface area contributed by atoms with E-state index in [2.05, 4.69) is 25.7 Å². The zero-order valence-electron chi connectivity index (χ0n) is 16.2. The van der Waals surface area contributed by atoms with Crippen molar-refractivity contribution in [2.45, 2.75) is 85.0 Å². The zero-order chi connectivity index (χ0) is 17.3. The first-order valence-corrected chi connectivity index (χ1v) is 9.68. The van der Waals surface area contributed by atoms with Crippen molar-refractivity contribution in [3.05, 3.63) is 12.2 Å². The largest absolute Gasteiger partial charge is 1.00 e. The molecule has 0 spiro atoms. The molecule has 0 unspecified atom stereocenters. The molecule has 4 heteroatoms. The van der Waals surface area contributed by atoms with Gasteiger partial charge < -0.3 is 27.0 Å². The van der Waals surface area contributed by atoms with Crippen LogP contribution in [0.1, 0.15) is 85.0 Å². The van der Waals surface area contributed by atoms with Gasteiger partial charge in [-0.25, -0.2) is 4.79 Å². The van der Waals surface area contributed by atoms with Gasteiger partial charge in [-0.3, -0.25) is 0 Å². The standard InChI is InChI=1S/C20H39NO2.BrH/c1-18(2)14-12-10-8-6-5-7-9-11-13-15-21-16-17-23-20(22)19(3)4;/h18,21H,3,5-17H2,1-2,4H3;1H. The van der Waals surface area contributed by atoms with E-state index in [1.165, 1.54) is 64.2 Å². The lowest BCUT2D eigenvalue weighted by Gasteiger charge is -2.05. The first kappa shape index (κ1) is 25.9. The molecular weight excluding hydrogens is 366 g/mol. The Labute approximate surface area is 160 Å². The Morgan fingerprint density at radius 2 is 1.42 bits per heavy atom. The number of rotatable bonds is 16. The third-order valence-electron chi connectivity index (χ3n) is 4.09. The molecule has 0 aliphatic rings. The van der Waals surface area contributed by atoms with E-state index in [1.807, 2.05) is 0 Å². The Kier molecular flexibility index (Phi) is 20.5. The lowest BCUT2D eigenvalue weighted by atomic mass is 10.0. The average Bonchev–Trinajstić information content (AvgIpc) is 2.50. The number of carbonyl (C=O) groups is 1. The molecule has 0 aliphatic carbocycles. The topological polar surface area (TPSA) is 42.9 Å². The van der Waals surface area contributed by atoms with Gasteiger partial charge in [0.25, 0.3) is 0 Å². The van der Waals surface area contributed by atoms with Gasteiger partial charge in [-0.15, -0.1) is 0 Å². The number of nitrogens with two attached hydrogens (primary N) is 1. The second-order valence-corrected chi connectivity index (χ2v) is 7.15. The average molecular weight is 406 g/mol. The lowest BCUT2D eigenvalue weighted by molar-refractivity contribution is -0.656. The summed E-state index contributed by atoms with van der Waals surface area (Å²) in [6, 6.07) is 0. The molecule has 0 fully saturated rings. The normalized spacial score (nSPS) is 10.5. The first-order valence-electron chi connectivity index (χ1n) is 9.68. The van der Waals surface area contributed by atoms with Crippen LogP contribution in [0.15, 0.2) is 12.2 Å². The van der Waals surface area contributed by atoms with Crippen LogP contribution in [0.25, 0.3) is 0 Å². The second kappa shape index (κ2) is 19.0. The van der Waals surface area contributed by atoms with Gasteiger partial charge in [-0.1, -0.05) is 71.8 Å². The van der Waals surface area contributed by atoms with Crippen LogP contribution in [0.3, 0.4) is 0 Å². The fraction of sp³-hybridized carbons (Fsp3) is 0.850. The molecule has 0 aromatic rings. The molecule has 144 valence electrons. The number of hydrogen-bond donors (Lipinski definition) is 1. The van der Waals surface area contributed by atoms with Gasteiger partial charge in [-0.2, -0.15) is 0 Å². The lowest BCUT2D eigenvalue weighted by Crippen LogP contribution is -3.00. The van der Waals surface area contributed by atoms with Crippen LogP contribution in [0.4, 0.5) is 0 Å². The van der Waals surface area contributed by atoms with Crippen molar-refractivity contribution >= 4 is 5.97 Å². The molecule has 0 amide bonds. The maximum absolute atomic E-state index is 11.2. The highest BCUT2D eigenvalue weighted by molar-refractivity contribution is 5.86. The van der Waals surface area contributed by atoms with Gasteiger partial charge in [0.05, 0.1) is 6.54 Å². The summed E-state index contributed by atoms with van der Waals surface area (Å²) in [5, 5.41) is 2.24. The van der Waals surface area contributed by atoms with Gasteiger partial charge >= 0.3 is 5.97 Å². The molecule has 3 nitrogen and oxygen atoms in total.